The fraction of sp³-hybridized carbons (Fsp3) is 0.588. The van der Waals surface area contributed by atoms with Crippen LogP contribution in [-0.2, 0) is 4.74 Å². The molecule has 0 bridgehead atoms. The van der Waals surface area contributed by atoms with Gasteiger partial charge in [-0.05, 0) is 56.5 Å². The highest BCUT2D eigenvalue weighted by Gasteiger charge is 2.27. The summed E-state index contributed by atoms with van der Waals surface area (Å²) in [5.74, 6) is 0.538. The quantitative estimate of drug-likeness (QED) is 0.926. The van der Waals surface area contributed by atoms with Gasteiger partial charge in [0.05, 0.1) is 6.61 Å². The molecule has 4 nitrogen and oxygen atoms in total. The number of hydrogen-bond acceptors (Lipinski definition) is 3. The second kappa shape index (κ2) is 7.44. The van der Waals surface area contributed by atoms with Crippen molar-refractivity contribution in [1.82, 2.24) is 10.2 Å². The maximum atomic E-state index is 12.1. The van der Waals surface area contributed by atoms with Gasteiger partial charge in [0.25, 0.3) is 5.91 Å². The first kappa shape index (κ1) is 15.8. The first-order chi connectivity index (χ1) is 10.7. The van der Waals surface area contributed by atoms with Gasteiger partial charge in [0.1, 0.15) is 0 Å². The molecule has 3 rings (SSSR count). The highest BCUT2D eigenvalue weighted by atomic mass is 35.5. The molecule has 0 radical (unpaired) electrons. The molecule has 1 amide bonds. The second-order valence-corrected chi connectivity index (χ2v) is 6.65. The Morgan fingerprint density at radius 2 is 2.14 bits per heavy atom. The van der Waals surface area contributed by atoms with Crippen LogP contribution >= 0.6 is 11.6 Å². The normalized spacial score (nSPS) is 23.6. The summed E-state index contributed by atoms with van der Waals surface area (Å²) < 4.78 is 5.47. The zero-order chi connectivity index (χ0) is 15.4. The molecule has 0 aliphatic carbocycles. The monoisotopic (exact) mass is 322 g/mol. The van der Waals surface area contributed by atoms with E-state index in [4.69, 9.17) is 16.3 Å². The molecule has 1 aromatic rings. The van der Waals surface area contributed by atoms with Crippen LogP contribution in [0.4, 0.5) is 0 Å². The second-order valence-electron chi connectivity index (χ2n) is 6.22. The number of piperidine rings is 1. The number of rotatable bonds is 4. The molecule has 0 spiro atoms. The molecule has 0 saturated carbocycles. The minimum atomic E-state index is -0.0332. The summed E-state index contributed by atoms with van der Waals surface area (Å²) in [6, 6.07) is 7.70. The summed E-state index contributed by atoms with van der Waals surface area (Å²) in [7, 11) is 0. The number of carbonyl (C=O) groups is 1. The Morgan fingerprint density at radius 1 is 1.32 bits per heavy atom. The Morgan fingerprint density at radius 3 is 2.82 bits per heavy atom. The zero-order valence-electron chi connectivity index (χ0n) is 12.8. The molecule has 0 aromatic heterocycles. The van der Waals surface area contributed by atoms with Gasteiger partial charge < -0.3 is 10.1 Å². The van der Waals surface area contributed by atoms with Gasteiger partial charge in [0, 0.05) is 29.8 Å². The number of nitrogens with one attached hydrogen (secondary N) is 1. The molecule has 1 aromatic carbocycles. The van der Waals surface area contributed by atoms with Gasteiger partial charge in [-0.25, -0.2) is 0 Å². The Hall–Kier alpha value is -1.10. The molecule has 2 fully saturated rings. The van der Waals surface area contributed by atoms with Crippen LogP contribution in [0.1, 0.15) is 29.6 Å². The maximum Gasteiger partial charge on any atom is 0.251 e. The molecular formula is C17H23ClN2O2. The van der Waals surface area contributed by atoms with Crippen LogP contribution in [-0.4, -0.2) is 49.7 Å². The third-order valence-corrected chi connectivity index (χ3v) is 4.94. The van der Waals surface area contributed by atoms with Gasteiger partial charge in [-0.1, -0.05) is 17.7 Å². The highest BCUT2D eigenvalue weighted by molar-refractivity contribution is 6.30. The standard InChI is InChI=1S/C17H23ClN2O2/c18-15-3-1-2-14(10-15)17(21)19-11-13-4-7-20(8-5-13)16-6-9-22-12-16/h1-3,10,13,16H,4-9,11-12H2,(H,19,21). The number of amides is 1. The number of hydrogen-bond donors (Lipinski definition) is 1. The Balaban J connectivity index is 1.42. The molecule has 2 aliphatic heterocycles. The fourth-order valence-corrected chi connectivity index (χ4v) is 3.49. The van der Waals surface area contributed by atoms with Crippen molar-refractivity contribution >= 4 is 17.5 Å². The van der Waals surface area contributed by atoms with E-state index in [-0.39, 0.29) is 5.91 Å². The van der Waals surface area contributed by atoms with Gasteiger partial charge in [0.2, 0.25) is 0 Å². The number of ether oxygens (including phenoxy) is 1. The third-order valence-electron chi connectivity index (χ3n) is 4.71. The van der Waals surface area contributed by atoms with E-state index in [0.717, 1.165) is 52.1 Å². The zero-order valence-corrected chi connectivity index (χ0v) is 13.5. The molecule has 1 unspecified atom stereocenters. The van der Waals surface area contributed by atoms with Crippen LogP contribution in [0.5, 0.6) is 0 Å². The minimum Gasteiger partial charge on any atom is -0.380 e. The van der Waals surface area contributed by atoms with E-state index in [1.54, 1.807) is 24.3 Å². The Labute approximate surface area is 136 Å². The summed E-state index contributed by atoms with van der Waals surface area (Å²) in [5.41, 5.74) is 0.632. The summed E-state index contributed by atoms with van der Waals surface area (Å²) in [6.45, 7) is 4.77. The van der Waals surface area contributed by atoms with Crippen LogP contribution in [0.25, 0.3) is 0 Å². The van der Waals surface area contributed by atoms with Crippen LogP contribution < -0.4 is 5.32 Å². The number of benzene rings is 1. The van der Waals surface area contributed by atoms with Crippen LogP contribution in [0.2, 0.25) is 5.02 Å². The summed E-state index contributed by atoms with van der Waals surface area (Å²) >= 11 is 5.92. The third kappa shape index (κ3) is 4.00. The van der Waals surface area contributed by atoms with Gasteiger partial charge in [0.15, 0.2) is 0 Å². The van der Waals surface area contributed by atoms with Gasteiger partial charge >= 0.3 is 0 Å². The fourth-order valence-electron chi connectivity index (χ4n) is 3.30. The largest absolute Gasteiger partial charge is 0.380 e. The van der Waals surface area contributed by atoms with E-state index in [0.29, 0.717) is 22.5 Å². The van der Waals surface area contributed by atoms with Gasteiger partial charge in [-0.15, -0.1) is 0 Å². The lowest BCUT2D eigenvalue weighted by Crippen LogP contribution is -2.43. The lowest BCUT2D eigenvalue weighted by Gasteiger charge is -2.35. The molecule has 5 heteroatoms. The average molecular weight is 323 g/mol. The van der Waals surface area contributed by atoms with Crippen LogP contribution in [0.15, 0.2) is 24.3 Å². The molecule has 120 valence electrons. The molecule has 1 N–H and O–H groups in total. The van der Waals surface area contributed by atoms with E-state index >= 15 is 0 Å². The summed E-state index contributed by atoms with van der Waals surface area (Å²) in [6.07, 6.45) is 3.45. The van der Waals surface area contributed by atoms with Gasteiger partial charge in [-0.3, -0.25) is 9.69 Å². The van der Waals surface area contributed by atoms with E-state index in [1.165, 1.54) is 0 Å². The Bertz CT molecular complexity index is 509. The van der Waals surface area contributed by atoms with Crippen molar-refractivity contribution in [1.29, 1.82) is 0 Å². The minimum absolute atomic E-state index is 0.0332. The van der Waals surface area contributed by atoms with Crippen molar-refractivity contribution in [3.8, 4) is 0 Å². The molecule has 2 saturated heterocycles. The maximum absolute atomic E-state index is 12.1. The lowest BCUT2D eigenvalue weighted by atomic mass is 9.95. The van der Waals surface area contributed by atoms with E-state index in [1.807, 2.05) is 0 Å². The van der Waals surface area contributed by atoms with Crippen molar-refractivity contribution < 1.29 is 9.53 Å². The van der Waals surface area contributed by atoms with E-state index in [2.05, 4.69) is 10.2 Å². The lowest BCUT2D eigenvalue weighted by molar-refractivity contribution is 0.0911. The van der Waals surface area contributed by atoms with Crippen molar-refractivity contribution in [3.63, 3.8) is 0 Å². The summed E-state index contributed by atoms with van der Waals surface area (Å²) in [5, 5.41) is 3.64. The number of nitrogens with zero attached hydrogens (tertiary/aromatic N) is 1. The van der Waals surface area contributed by atoms with E-state index < -0.39 is 0 Å². The van der Waals surface area contributed by atoms with Crippen molar-refractivity contribution in [3.05, 3.63) is 34.9 Å². The topological polar surface area (TPSA) is 41.6 Å². The molecular weight excluding hydrogens is 300 g/mol. The Kier molecular flexibility index (Phi) is 5.34. The van der Waals surface area contributed by atoms with E-state index in [9.17, 15) is 4.79 Å². The van der Waals surface area contributed by atoms with Crippen molar-refractivity contribution in [2.75, 3.05) is 32.8 Å². The number of carbonyl (C=O) groups excluding carboxylic acids is 1. The number of likely N-dealkylation sites (tertiary alicyclic amines) is 1. The first-order valence-electron chi connectivity index (χ1n) is 8.08. The molecule has 2 heterocycles. The molecule has 2 aliphatic rings. The van der Waals surface area contributed by atoms with Crippen LogP contribution in [0, 0.1) is 5.92 Å². The smallest absolute Gasteiger partial charge is 0.251 e. The number of halogens is 1. The van der Waals surface area contributed by atoms with Crippen molar-refractivity contribution in [2.24, 2.45) is 5.92 Å². The first-order valence-corrected chi connectivity index (χ1v) is 8.46. The molecule has 22 heavy (non-hydrogen) atoms. The average Bonchev–Trinajstić information content (AvgIpc) is 3.07. The summed E-state index contributed by atoms with van der Waals surface area (Å²) in [4.78, 5) is 14.7. The SMILES string of the molecule is O=C(NCC1CCN(C2CCOC2)CC1)c1cccc(Cl)c1. The predicted octanol–water partition coefficient (Wildman–Crippen LogP) is 2.57. The van der Waals surface area contributed by atoms with Crippen molar-refractivity contribution in [2.45, 2.75) is 25.3 Å². The highest BCUT2D eigenvalue weighted by Crippen LogP contribution is 2.22. The van der Waals surface area contributed by atoms with Crippen LogP contribution in [0.3, 0.4) is 0 Å². The molecule has 1 atom stereocenters. The predicted molar refractivity (Wildman–Crippen MR) is 87.3 cm³/mol. The van der Waals surface area contributed by atoms with Gasteiger partial charge in [-0.2, -0.15) is 0 Å².